The summed E-state index contributed by atoms with van der Waals surface area (Å²) in [6.07, 6.45) is 0.185. The first kappa shape index (κ1) is 23.1. The highest BCUT2D eigenvalue weighted by atomic mass is 19.3. The van der Waals surface area contributed by atoms with Crippen LogP contribution in [0.2, 0.25) is 0 Å². The SMILES string of the molecule is CCNC(=NCC(O)c1ccc(OC(F)F)cc1)NCCOCCC(C)C. The van der Waals surface area contributed by atoms with Crippen LogP contribution in [0.4, 0.5) is 8.78 Å². The van der Waals surface area contributed by atoms with Crippen LogP contribution in [0.3, 0.4) is 0 Å². The van der Waals surface area contributed by atoms with Crippen molar-refractivity contribution in [1.82, 2.24) is 10.6 Å². The molecule has 154 valence electrons. The fourth-order valence-electron chi connectivity index (χ4n) is 2.16. The number of hydrogen-bond donors (Lipinski definition) is 3. The molecule has 1 rings (SSSR count). The molecule has 0 fully saturated rings. The number of halogens is 2. The van der Waals surface area contributed by atoms with Gasteiger partial charge in [0, 0.05) is 19.7 Å². The van der Waals surface area contributed by atoms with Crippen LogP contribution in [-0.4, -0.2) is 50.5 Å². The molecule has 1 aromatic rings. The first-order valence-corrected chi connectivity index (χ1v) is 9.25. The maximum atomic E-state index is 12.2. The molecular weight excluding hydrogens is 356 g/mol. The second-order valence-corrected chi connectivity index (χ2v) is 6.40. The van der Waals surface area contributed by atoms with E-state index in [0.717, 1.165) is 13.0 Å². The van der Waals surface area contributed by atoms with E-state index in [0.29, 0.717) is 37.1 Å². The quantitative estimate of drug-likeness (QED) is 0.292. The first-order chi connectivity index (χ1) is 12.9. The maximum absolute atomic E-state index is 12.2. The summed E-state index contributed by atoms with van der Waals surface area (Å²) < 4.78 is 34.1. The molecule has 1 unspecified atom stereocenters. The minimum Gasteiger partial charge on any atom is -0.435 e. The van der Waals surface area contributed by atoms with Crippen molar-refractivity contribution in [2.75, 3.05) is 32.8 Å². The Morgan fingerprint density at radius 3 is 2.44 bits per heavy atom. The van der Waals surface area contributed by atoms with Gasteiger partial charge in [0.25, 0.3) is 0 Å². The largest absolute Gasteiger partial charge is 0.435 e. The topological polar surface area (TPSA) is 75.1 Å². The third-order valence-corrected chi connectivity index (χ3v) is 3.63. The van der Waals surface area contributed by atoms with Gasteiger partial charge in [-0.1, -0.05) is 26.0 Å². The molecule has 0 aromatic heterocycles. The van der Waals surface area contributed by atoms with E-state index in [2.05, 4.69) is 34.2 Å². The summed E-state index contributed by atoms with van der Waals surface area (Å²) in [6, 6.07) is 5.88. The van der Waals surface area contributed by atoms with Crippen LogP contribution in [0.1, 0.15) is 38.9 Å². The Bertz CT molecular complexity index is 540. The predicted molar refractivity (Wildman–Crippen MR) is 102 cm³/mol. The molecule has 0 amide bonds. The summed E-state index contributed by atoms with van der Waals surface area (Å²) >= 11 is 0. The van der Waals surface area contributed by atoms with E-state index in [1.807, 2.05) is 6.92 Å². The van der Waals surface area contributed by atoms with Crippen molar-refractivity contribution in [2.24, 2.45) is 10.9 Å². The molecule has 1 aromatic carbocycles. The number of alkyl halides is 2. The van der Waals surface area contributed by atoms with Crippen LogP contribution in [0, 0.1) is 5.92 Å². The zero-order valence-corrected chi connectivity index (χ0v) is 16.3. The molecule has 0 aliphatic heterocycles. The van der Waals surface area contributed by atoms with E-state index in [9.17, 15) is 13.9 Å². The summed E-state index contributed by atoms with van der Waals surface area (Å²) in [5.41, 5.74) is 0.577. The van der Waals surface area contributed by atoms with Crippen LogP contribution in [-0.2, 0) is 4.74 Å². The van der Waals surface area contributed by atoms with Crippen LogP contribution in [0.5, 0.6) is 5.75 Å². The Morgan fingerprint density at radius 2 is 1.85 bits per heavy atom. The number of nitrogens with zero attached hydrogens (tertiary/aromatic N) is 1. The predicted octanol–water partition coefficient (Wildman–Crippen LogP) is 2.94. The highest BCUT2D eigenvalue weighted by molar-refractivity contribution is 5.79. The van der Waals surface area contributed by atoms with Crippen LogP contribution in [0.15, 0.2) is 29.3 Å². The molecular formula is C19H31F2N3O3. The molecule has 0 heterocycles. The molecule has 0 spiro atoms. The Labute approximate surface area is 160 Å². The van der Waals surface area contributed by atoms with Crippen molar-refractivity contribution in [3.8, 4) is 5.75 Å². The Kier molecular flexibility index (Phi) is 11.4. The molecule has 0 saturated carbocycles. The Balaban J connectivity index is 2.44. The fraction of sp³-hybridized carbons (Fsp3) is 0.632. The maximum Gasteiger partial charge on any atom is 0.387 e. The van der Waals surface area contributed by atoms with Crippen molar-refractivity contribution >= 4 is 5.96 Å². The van der Waals surface area contributed by atoms with Gasteiger partial charge in [0.1, 0.15) is 5.75 Å². The minimum absolute atomic E-state index is 0.0527. The van der Waals surface area contributed by atoms with Crippen LogP contribution in [0.25, 0.3) is 0 Å². The second kappa shape index (κ2) is 13.3. The van der Waals surface area contributed by atoms with Crippen LogP contribution >= 0.6 is 0 Å². The summed E-state index contributed by atoms with van der Waals surface area (Å²) in [6.45, 7) is 6.14. The van der Waals surface area contributed by atoms with Gasteiger partial charge in [-0.05, 0) is 37.0 Å². The Morgan fingerprint density at radius 1 is 1.15 bits per heavy atom. The van der Waals surface area contributed by atoms with Gasteiger partial charge in [-0.15, -0.1) is 0 Å². The van der Waals surface area contributed by atoms with Crippen molar-refractivity contribution in [2.45, 2.75) is 39.9 Å². The third kappa shape index (κ3) is 10.7. The lowest BCUT2D eigenvalue weighted by atomic mass is 10.1. The van der Waals surface area contributed by atoms with E-state index in [1.165, 1.54) is 12.1 Å². The van der Waals surface area contributed by atoms with Crippen molar-refractivity contribution in [3.63, 3.8) is 0 Å². The zero-order valence-electron chi connectivity index (χ0n) is 16.3. The van der Waals surface area contributed by atoms with E-state index >= 15 is 0 Å². The molecule has 0 bridgehead atoms. The van der Waals surface area contributed by atoms with Gasteiger partial charge in [-0.2, -0.15) is 8.78 Å². The van der Waals surface area contributed by atoms with Crippen molar-refractivity contribution in [1.29, 1.82) is 0 Å². The molecule has 0 aliphatic carbocycles. The van der Waals surface area contributed by atoms with E-state index < -0.39 is 12.7 Å². The fourth-order valence-corrected chi connectivity index (χ4v) is 2.16. The summed E-state index contributed by atoms with van der Waals surface area (Å²) in [5.74, 6) is 1.26. The molecule has 8 heteroatoms. The van der Waals surface area contributed by atoms with Gasteiger partial charge in [0.2, 0.25) is 0 Å². The average Bonchev–Trinajstić information content (AvgIpc) is 2.62. The van der Waals surface area contributed by atoms with Crippen LogP contribution < -0.4 is 15.4 Å². The van der Waals surface area contributed by atoms with E-state index in [4.69, 9.17) is 4.74 Å². The molecule has 0 radical (unpaired) electrons. The molecule has 1 atom stereocenters. The van der Waals surface area contributed by atoms with Gasteiger partial charge in [-0.3, -0.25) is 4.99 Å². The number of guanidine groups is 1. The lowest BCUT2D eigenvalue weighted by Crippen LogP contribution is -2.39. The molecule has 3 N–H and O–H groups in total. The molecule has 0 saturated heterocycles. The summed E-state index contributed by atoms with van der Waals surface area (Å²) in [4.78, 5) is 4.34. The highest BCUT2D eigenvalue weighted by Crippen LogP contribution is 2.19. The molecule has 0 aliphatic rings. The van der Waals surface area contributed by atoms with E-state index in [-0.39, 0.29) is 12.3 Å². The lowest BCUT2D eigenvalue weighted by Gasteiger charge is -2.14. The smallest absolute Gasteiger partial charge is 0.387 e. The zero-order chi connectivity index (χ0) is 20.1. The third-order valence-electron chi connectivity index (χ3n) is 3.63. The first-order valence-electron chi connectivity index (χ1n) is 9.25. The second-order valence-electron chi connectivity index (χ2n) is 6.40. The van der Waals surface area contributed by atoms with Gasteiger partial charge in [0.15, 0.2) is 5.96 Å². The Hall–Kier alpha value is -1.93. The summed E-state index contributed by atoms with van der Waals surface area (Å²) in [5, 5.41) is 16.5. The van der Waals surface area contributed by atoms with E-state index in [1.54, 1.807) is 12.1 Å². The highest BCUT2D eigenvalue weighted by Gasteiger charge is 2.09. The number of hydrogen-bond acceptors (Lipinski definition) is 4. The number of nitrogens with one attached hydrogen (secondary N) is 2. The number of aliphatic hydroxyl groups excluding tert-OH is 1. The number of benzene rings is 1. The van der Waals surface area contributed by atoms with Gasteiger partial charge < -0.3 is 25.2 Å². The molecule has 27 heavy (non-hydrogen) atoms. The summed E-state index contributed by atoms with van der Waals surface area (Å²) in [7, 11) is 0. The lowest BCUT2D eigenvalue weighted by molar-refractivity contribution is -0.0498. The van der Waals surface area contributed by atoms with Crippen molar-refractivity contribution < 1.29 is 23.4 Å². The number of aliphatic hydroxyl groups is 1. The van der Waals surface area contributed by atoms with Gasteiger partial charge in [-0.25, -0.2) is 0 Å². The van der Waals surface area contributed by atoms with Gasteiger partial charge in [0.05, 0.1) is 19.3 Å². The number of ether oxygens (including phenoxy) is 2. The monoisotopic (exact) mass is 387 g/mol. The standard InChI is InChI=1S/C19H31F2N3O3/c1-4-22-19(23-10-12-26-11-9-14(2)3)24-13-17(25)15-5-7-16(8-6-15)27-18(20)21/h5-8,14,17-18,25H,4,9-13H2,1-3H3,(H2,22,23,24). The average molecular weight is 387 g/mol. The number of aliphatic imine (C=N–C) groups is 1. The molecule has 6 nitrogen and oxygen atoms in total. The van der Waals surface area contributed by atoms with Gasteiger partial charge >= 0.3 is 6.61 Å². The normalized spacial score (nSPS) is 13.1. The number of rotatable bonds is 12. The minimum atomic E-state index is -2.87. The van der Waals surface area contributed by atoms with Crippen molar-refractivity contribution in [3.05, 3.63) is 29.8 Å².